The van der Waals surface area contributed by atoms with E-state index in [2.05, 4.69) is 60.2 Å². The number of benzene rings is 2. The molecule has 144 valence electrons. The normalized spacial score (nSPS) is 15.0. The molecule has 0 bridgehead atoms. The fourth-order valence-corrected chi connectivity index (χ4v) is 3.56. The van der Waals surface area contributed by atoms with E-state index in [4.69, 9.17) is 0 Å². The van der Waals surface area contributed by atoms with E-state index in [1.54, 1.807) is 0 Å². The molecule has 0 saturated carbocycles. The zero-order chi connectivity index (χ0) is 19.1. The summed E-state index contributed by atoms with van der Waals surface area (Å²) >= 11 is 0. The Morgan fingerprint density at radius 3 is 2.22 bits per heavy atom. The number of likely N-dealkylation sites (N-methyl/N-ethyl adjacent to an activating group) is 1. The second kappa shape index (κ2) is 9.56. The Morgan fingerprint density at radius 1 is 0.926 bits per heavy atom. The molecule has 3 rings (SSSR count). The summed E-state index contributed by atoms with van der Waals surface area (Å²) in [6, 6.07) is 18.6. The Bertz CT molecular complexity index is 706. The monoisotopic (exact) mass is 365 g/mol. The van der Waals surface area contributed by atoms with Gasteiger partial charge in [0.15, 0.2) is 0 Å². The highest BCUT2D eigenvalue weighted by molar-refractivity contribution is 5.94. The number of piperazine rings is 1. The number of anilines is 1. The highest BCUT2D eigenvalue weighted by Gasteiger charge is 2.17. The molecule has 1 fully saturated rings. The summed E-state index contributed by atoms with van der Waals surface area (Å²) in [5.41, 5.74) is 3.28. The van der Waals surface area contributed by atoms with E-state index in [0.29, 0.717) is 0 Å². The Morgan fingerprint density at radius 2 is 1.59 bits per heavy atom. The highest BCUT2D eigenvalue weighted by Crippen LogP contribution is 2.18. The predicted molar refractivity (Wildman–Crippen MR) is 112 cm³/mol. The van der Waals surface area contributed by atoms with Gasteiger partial charge in [0.05, 0.1) is 0 Å². The molecule has 2 aromatic rings. The summed E-state index contributed by atoms with van der Waals surface area (Å²) in [6.07, 6.45) is 1.87. The van der Waals surface area contributed by atoms with E-state index in [0.717, 1.165) is 57.7 Å². The van der Waals surface area contributed by atoms with Gasteiger partial charge in [-0.15, -0.1) is 0 Å². The minimum atomic E-state index is 0.137. The van der Waals surface area contributed by atoms with Crippen LogP contribution in [0, 0.1) is 0 Å². The van der Waals surface area contributed by atoms with Crippen LogP contribution in [0.3, 0.4) is 0 Å². The predicted octanol–water partition coefficient (Wildman–Crippen LogP) is 3.53. The summed E-state index contributed by atoms with van der Waals surface area (Å²) in [6.45, 7) is 7.95. The Balaban J connectivity index is 1.63. The molecule has 1 amide bonds. The van der Waals surface area contributed by atoms with Crippen molar-refractivity contribution in [3.05, 3.63) is 65.7 Å². The molecule has 0 unspecified atom stereocenters. The van der Waals surface area contributed by atoms with E-state index in [1.807, 2.05) is 23.1 Å². The van der Waals surface area contributed by atoms with E-state index < -0.39 is 0 Å². The van der Waals surface area contributed by atoms with Crippen molar-refractivity contribution in [1.29, 1.82) is 0 Å². The first-order valence-corrected chi connectivity index (χ1v) is 10.0. The van der Waals surface area contributed by atoms with Crippen LogP contribution in [0.15, 0.2) is 54.6 Å². The third kappa shape index (κ3) is 5.33. The second-order valence-electron chi connectivity index (χ2n) is 7.36. The summed E-state index contributed by atoms with van der Waals surface area (Å²) in [4.78, 5) is 19.7. The van der Waals surface area contributed by atoms with Crippen molar-refractivity contribution in [1.82, 2.24) is 9.80 Å². The van der Waals surface area contributed by atoms with Crippen molar-refractivity contribution >= 4 is 11.6 Å². The molecular weight excluding hydrogens is 334 g/mol. The minimum absolute atomic E-state index is 0.137. The molecular formula is C23H31N3O. The van der Waals surface area contributed by atoms with Gasteiger partial charge in [-0.25, -0.2) is 0 Å². The molecule has 0 radical (unpaired) electrons. The van der Waals surface area contributed by atoms with Gasteiger partial charge in [-0.2, -0.15) is 0 Å². The van der Waals surface area contributed by atoms with Crippen LogP contribution in [0.1, 0.15) is 29.3 Å². The number of nitrogens with zero attached hydrogens (tertiary/aromatic N) is 3. The van der Waals surface area contributed by atoms with Crippen molar-refractivity contribution < 1.29 is 4.79 Å². The van der Waals surface area contributed by atoms with Gasteiger partial charge < -0.3 is 14.7 Å². The summed E-state index contributed by atoms with van der Waals surface area (Å²) < 4.78 is 0. The van der Waals surface area contributed by atoms with Crippen LogP contribution in [-0.2, 0) is 6.42 Å². The Hall–Kier alpha value is -2.33. The number of carbonyl (C=O) groups is 1. The van der Waals surface area contributed by atoms with Gasteiger partial charge in [-0.05, 0) is 49.7 Å². The maximum absolute atomic E-state index is 13.0. The Labute approximate surface area is 163 Å². The molecule has 4 heteroatoms. The van der Waals surface area contributed by atoms with Crippen molar-refractivity contribution in [2.45, 2.75) is 19.8 Å². The van der Waals surface area contributed by atoms with Crippen LogP contribution in [-0.4, -0.2) is 62.0 Å². The standard InChI is InChI=1S/C23H31N3O/c1-3-14-26(15-13-20-7-5-4-6-8-20)23(27)21-9-11-22(12-10-21)25-18-16-24(2)17-19-25/h4-12H,3,13-19H2,1-2H3. The van der Waals surface area contributed by atoms with Gasteiger partial charge in [0.25, 0.3) is 5.91 Å². The van der Waals surface area contributed by atoms with Gasteiger partial charge in [0, 0.05) is 50.5 Å². The molecule has 0 spiro atoms. The SMILES string of the molecule is CCCN(CCc1ccccc1)C(=O)c1ccc(N2CCN(C)CC2)cc1. The molecule has 2 aromatic carbocycles. The quantitative estimate of drug-likeness (QED) is 0.751. The van der Waals surface area contributed by atoms with E-state index in [-0.39, 0.29) is 5.91 Å². The van der Waals surface area contributed by atoms with Gasteiger partial charge in [-0.3, -0.25) is 4.79 Å². The first kappa shape index (κ1) is 19.4. The Kier molecular flexibility index (Phi) is 6.88. The molecule has 0 atom stereocenters. The number of amides is 1. The van der Waals surface area contributed by atoms with E-state index in [9.17, 15) is 4.79 Å². The van der Waals surface area contributed by atoms with Gasteiger partial charge >= 0.3 is 0 Å². The topological polar surface area (TPSA) is 26.8 Å². The lowest BCUT2D eigenvalue weighted by Gasteiger charge is -2.34. The highest BCUT2D eigenvalue weighted by atomic mass is 16.2. The zero-order valence-electron chi connectivity index (χ0n) is 16.6. The fraction of sp³-hybridized carbons (Fsp3) is 0.435. The molecule has 1 aliphatic heterocycles. The number of rotatable bonds is 7. The van der Waals surface area contributed by atoms with Crippen molar-refractivity contribution in [3.8, 4) is 0 Å². The smallest absolute Gasteiger partial charge is 0.253 e. The van der Waals surface area contributed by atoms with Crippen molar-refractivity contribution in [3.63, 3.8) is 0 Å². The molecule has 1 aliphatic rings. The number of carbonyl (C=O) groups excluding carboxylic acids is 1. The lowest BCUT2D eigenvalue weighted by atomic mass is 10.1. The third-order valence-electron chi connectivity index (χ3n) is 5.28. The summed E-state index contributed by atoms with van der Waals surface area (Å²) in [5.74, 6) is 0.137. The third-order valence-corrected chi connectivity index (χ3v) is 5.28. The van der Waals surface area contributed by atoms with Crippen LogP contribution in [0.2, 0.25) is 0 Å². The van der Waals surface area contributed by atoms with Crippen LogP contribution in [0.5, 0.6) is 0 Å². The lowest BCUT2D eigenvalue weighted by molar-refractivity contribution is 0.0757. The van der Waals surface area contributed by atoms with E-state index in [1.165, 1.54) is 11.3 Å². The number of hydrogen-bond donors (Lipinski definition) is 0. The summed E-state index contributed by atoms with van der Waals surface area (Å²) in [7, 11) is 2.16. The first-order valence-electron chi connectivity index (χ1n) is 10.0. The van der Waals surface area contributed by atoms with Crippen LogP contribution < -0.4 is 4.90 Å². The van der Waals surface area contributed by atoms with Gasteiger partial charge in [-0.1, -0.05) is 37.3 Å². The second-order valence-corrected chi connectivity index (χ2v) is 7.36. The average molecular weight is 366 g/mol. The lowest BCUT2D eigenvalue weighted by Crippen LogP contribution is -2.44. The molecule has 0 aromatic heterocycles. The maximum atomic E-state index is 13.0. The van der Waals surface area contributed by atoms with Gasteiger partial charge in [0.1, 0.15) is 0 Å². The zero-order valence-corrected chi connectivity index (χ0v) is 16.6. The van der Waals surface area contributed by atoms with Crippen molar-refractivity contribution in [2.24, 2.45) is 0 Å². The number of hydrogen-bond acceptors (Lipinski definition) is 3. The summed E-state index contributed by atoms with van der Waals surface area (Å²) in [5, 5.41) is 0. The van der Waals surface area contributed by atoms with Gasteiger partial charge in [0.2, 0.25) is 0 Å². The van der Waals surface area contributed by atoms with Crippen LogP contribution in [0.25, 0.3) is 0 Å². The van der Waals surface area contributed by atoms with Crippen LogP contribution in [0.4, 0.5) is 5.69 Å². The van der Waals surface area contributed by atoms with E-state index >= 15 is 0 Å². The molecule has 4 nitrogen and oxygen atoms in total. The molecule has 0 aliphatic carbocycles. The average Bonchev–Trinajstić information content (AvgIpc) is 2.72. The molecule has 0 N–H and O–H groups in total. The first-order chi connectivity index (χ1) is 13.2. The fourth-order valence-electron chi connectivity index (χ4n) is 3.56. The van der Waals surface area contributed by atoms with Crippen LogP contribution >= 0.6 is 0 Å². The molecule has 1 saturated heterocycles. The minimum Gasteiger partial charge on any atom is -0.369 e. The molecule has 1 heterocycles. The van der Waals surface area contributed by atoms with Crippen molar-refractivity contribution in [2.75, 3.05) is 51.2 Å². The largest absolute Gasteiger partial charge is 0.369 e. The maximum Gasteiger partial charge on any atom is 0.253 e. The molecule has 27 heavy (non-hydrogen) atoms.